The van der Waals surface area contributed by atoms with Gasteiger partial charge in [0.2, 0.25) is 0 Å². The van der Waals surface area contributed by atoms with Crippen LogP contribution in [0.15, 0.2) is 54.6 Å². The van der Waals surface area contributed by atoms with Gasteiger partial charge in [-0.2, -0.15) is 0 Å². The molecule has 0 saturated carbocycles. The Hall–Kier alpha value is -2.20. The summed E-state index contributed by atoms with van der Waals surface area (Å²) in [5, 5.41) is 0. The van der Waals surface area contributed by atoms with Gasteiger partial charge in [0.05, 0.1) is 0 Å². The Kier molecular flexibility index (Phi) is 3.92. The molecule has 2 aromatic carbocycles. The van der Waals surface area contributed by atoms with E-state index in [4.69, 9.17) is 4.74 Å². The Balaban J connectivity index is 2.11. The summed E-state index contributed by atoms with van der Waals surface area (Å²) < 4.78 is 5.39. The second kappa shape index (κ2) is 5.63. The van der Waals surface area contributed by atoms with Gasteiger partial charge in [0.25, 0.3) is 0 Å². The van der Waals surface area contributed by atoms with E-state index in [1.165, 1.54) is 11.1 Å². The molecule has 0 saturated heterocycles. The zero-order chi connectivity index (χ0) is 13.7. The van der Waals surface area contributed by atoms with Crippen LogP contribution in [-0.2, 0) is 4.74 Å². The number of rotatable bonds is 1. The normalized spacial score (nSPS) is 10.5. The van der Waals surface area contributed by atoms with E-state index in [0.29, 0.717) is 0 Å². The molecule has 0 N–H and O–H groups in total. The second-order valence-corrected chi connectivity index (χ2v) is 5.38. The lowest BCUT2D eigenvalue weighted by Crippen LogP contribution is -2.15. The highest BCUT2D eigenvalue weighted by Crippen LogP contribution is 2.18. The van der Waals surface area contributed by atoms with Gasteiger partial charge in [-0.05, 0) is 50.0 Å². The van der Waals surface area contributed by atoms with Crippen LogP contribution in [-0.4, -0.2) is 5.60 Å². The van der Waals surface area contributed by atoms with Crippen LogP contribution in [0.2, 0.25) is 0 Å². The van der Waals surface area contributed by atoms with Crippen molar-refractivity contribution in [1.29, 1.82) is 0 Å². The van der Waals surface area contributed by atoms with Gasteiger partial charge in [-0.3, -0.25) is 0 Å². The molecule has 0 aliphatic heterocycles. The number of hydrogen-bond donors (Lipinski definition) is 0. The summed E-state index contributed by atoms with van der Waals surface area (Å²) in [5.74, 6) is 3.01. The lowest BCUT2D eigenvalue weighted by Gasteiger charge is -2.14. The molecule has 0 aromatic heterocycles. The van der Waals surface area contributed by atoms with E-state index in [2.05, 4.69) is 36.3 Å². The smallest absolute Gasteiger partial charge is 0.116 e. The Labute approximate surface area is 115 Å². The van der Waals surface area contributed by atoms with Crippen LogP contribution in [0.3, 0.4) is 0 Å². The van der Waals surface area contributed by atoms with Crippen LogP contribution in [0.1, 0.15) is 26.3 Å². The van der Waals surface area contributed by atoms with Crippen LogP contribution in [0.5, 0.6) is 0 Å². The average Bonchev–Trinajstić information content (AvgIpc) is 2.39. The zero-order valence-corrected chi connectivity index (χ0v) is 11.6. The topological polar surface area (TPSA) is 9.23 Å². The van der Waals surface area contributed by atoms with E-state index in [1.807, 2.05) is 51.1 Å². The van der Waals surface area contributed by atoms with Gasteiger partial charge in [0.15, 0.2) is 0 Å². The van der Waals surface area contributed by atoms with Crippen molar-refractivity contribution < 1.29 is 4.74 Å². The summed E-state index contributed by atoms with van der Waals surface area (Å²) in [5.41, 5.74) is 3.15. The van der Waals surface area contributed by atoms with Crippen molar-refractivity contribution in [1.82, 2.24) is 0 Å². The fraction of sp³-hybridized carbons (Fsp3) is 0.222. The van der Waals surface area contributed by atoms with E-state index < -0.39 is 0 Å². The van der Waals surface area contributed by atoms with Gasteiger partial charge in [-0.25, -0.2) is 0 Å². The maximum absolute atomic E-state index is 5.39. The maximum atomic E-state index is 5.39. The molecule has 0 fully saturated rings. The Morgan fingerprint density at radius 3 is 1.95 bits per heavy atom. The van der Waals surface area contributed by atoms with Gasteiger partial charge in [0.1, 0.15) is 11.7 Å². The molecule has 19 heavy (non-hydrogen) atoms. The minimum atomic E-state index is -0.225. The van der Waals surface area contributed by atoms with Gasteiger partial charge < -0.3 is 4.74 Å². The first kappa shape index (κ1) is 13.2. The minimum absolute atomic E-state index is 0.225. The first-order chi connectivity index (χ1) is 9.04. The third-order valence-corrected chi connectivity index (χ3v) is 2.54. The first-order valence-corrected chi connectivity index (χ1v) is 6.39. The van der Waals surface area contributed by atoms with E-state index in [0.717, 1.165) is 5.56 Å². The highest BCUT2D eigenvalue weighted by molar-refractivity contribution is 5.64. The monoisotopic (exact) mass is 250 g/mol. The molecular formula is C18H18O. The summed E-state index contributed by atoms with van der Waals surface area (Å²) in [6.45, 7) is 5.96. The molecule has 1 nitrogen and oxygen atoms in total. The third-order valence-electron chi connectivity index (χ3n) is 2.54. The molecule has 0 atom stereocenters. The van der Waals surface area contributed by atoms with Crippen molar-refractivity contribution in [3.8, 4) is 23.2 Å². The summed E-state index contributed by atoms with van der Waals surface area (Å²) >= 11 is 0. The Morgan fingerprint density at radius 1 is 0.789 bits per heavy atom. The number of ether oxygens (including phenoxy) is 1. The molecular weight excluding hydrogens is 232 g/mol. The number of hydrogen-bond acceptors (Lipinski definition) is 1. The predicted octanol–water partition coefficient (Wildman–Crippen LogP) is 4.48. The Bertz CT molecular complexity index is 578. The van der Waals surface area contributed by atoms with Crippen molar-refractivity contribution >= 4 is 0 Å². The summed E-state index contributed by atoms with van der Waals surface area (Å²) in [4.78, 5) is 0. The van der Waals surface area contributed by atoms with Crippen LogP contribution < -0.4 is 0 Å². The van der Waals surface area contributed by atoms with Crippen molar-refractivity contribution in [3.05, 3.63) is 60.2 Å². The van der Waals surface area contributed by atoms with E-state index in [-0.39, 0.29) is 5.60 Å². The number of benzene rings is 2. The van der Waals surface area contributed by atoms with Gasteiger partial charge >= 0.3 is 0 Å². The predicted molar refractivity (Wildman–Crippen MR) is 79.6 cm³/mol. The molecule has 0 unspecified atom stereocenters. The molecule has 0 aliphatic rings. The summed E-state index contributed by atoms with van der Waals surface area (Å²) in [6.07, 6.45) is 2.75. The van der Waals surface area contributed by atoms with Gasteiger partial charge in [0, 0.05) is 5.56 Å². The molecule has 2 rings (SSSR count). The van der Waals surface area contributed by atoms with Crippen molar-refractivity contribution in [3.63, 3.8) is 0 Å². The van der Waals surface area contributed by atoms with Crippen LogP contribution >= 0.6 is 0 Å². The van der Waals surface area contributed by atoms with Crippen LogP contribution in [0.25, 0.3) is 11.1 Å². The molecule has 0 spiro atoms. The first-order valence-electron chi connectivity index (χ1n) is 6.39. The lowest BCUT2D eigenvalue weighted by molar-refractivity contribution is 0.0963. The van der Waals surface area contributed by atoms with Gasteiger partial charge in [-0.15, -0.1) is 0 Å². The highest BCUT2D eigenvalue weighted by atomic mass is 16.5. The molecule has 0 amide bonds. The standard InChI is InChI=1S/C18H18O/c1-18(2,3)19-14-13-15-9-11-17(12-10-15)16-7-5-4-6-8-16/h4-12H,1-3H3. The lowest BCUT2D eigenvalue weighted by atomic mass is 10.0. The second-order valence-electron chi connectivity index (χ2n) is 5.38. The SMILES string of the molecule is CC(C)(C)OC#Cc1ccc(-c2ccccc2)cc1. The molecule has 96 valence electrons. The van der Waals surface area contributed by atoms with Crippen molar-refractivity contribution in [2.75, 3.05) is 0 Å². The molecule has 0 bridgehead atoms. The molecule has 0 radical (unpaired) electrons. The van der Waals surface area contributed by atoms with Crippen molar-refractivity contribution in [2.24, 2.45) is 0 Å². The highest BCUT2D eigenvalue weighted by Gasteiger charge is 2.07. The van der Waals surface area contributed by atoms with Gasteiger partial charge in [-0.1, -0.05) is 42.5 Å². The van der Waals surface area contributed by atoms with Crippen LogP contribution in [0.4, 0.5) is 0 Å². The molecule has 2 aromatic rings. The summed E-state index contributed by atoms with van der Waals surface area (Å²) in [6, 6.07) is 18.5. The van der Waals surface area contributed by atoms with E-state index in [1.54, 1.807) is 0 Å². The third kappa shape index (κ3) is 4.19. The van der Waals surface area contributed by atoms with E-state index >= 15 is 0 Å². The Morgan fingerprint density at radius 2 is 1.37 bits per heavy atom. The van der Waals surface area contributed by atoms with E-state index in [9.17, 15) is 0 Å². The zero-order valence-electron chi connectivity index (χ0n) is 11.6. The fourth-order valence-electron chi connectivity index (χ4n) is 1.61. The maximum Gasteiger partial charge on any atom is 0.116 e. The van der Waals surface area contributed by atoms with Crippen molar-refractivity contribution in [2.45, 2.75) is 26.4 Å². The van der Waals surface area contributed by atoms with Crippen LogP contribution in [0, 0.1) is 12.0 Å². The molecule has 0 heterocycles. The minimum Gasteiger partial charge on any atom is -0.441 e. The largest absolute Gasteiger partial charge is 0.441 e. The average molecular weight is 250 g/mol. The summed E-state index contributed by atoms with van der Waals surface area (Å²) in [7, 11) is 0. The quantitative estimate of drug-likeness (QED) is 0.678. The fourth-order valence-corrected chi connectivity index (χ4v) is 1.61. The molecule has 0 aliphatic carbocycles. The molecule has 1 heteroatoms.